The van der Waals surface area contributed by atoms with Gasteiger partial charge in [0.15, 0.2) is 0 Å². The molecule has 0 spiro atoms. The molecule has 0 N–H and O–H groups in total. The van der Waals surface area contributed by atoms with Crippen LogP contribution in [-0.2, 0) is 16.2 Å². The van der Waals surface area contributed by atoms with Crippen molar-refractivity contribution in [3.8, 4) is 51.1 Å². The van der Waals surface area contributed by atoms with Crippen LogP contribution in [0.1, 0.15) is 74.9 Å². The van der Waals surface area contributed by atoms with Crippen LogP contribution in [-0.4, -0.2) is 14.1 Å². The third-order valence-electron chi connectivity index (χ3n) is 15.7. The molecule has 5 heteroatoms. The predicted octanol–water partition coefficient (Wildman–Crippen LogP) is 17.2. The maximum atomic E-state index is 7.06. The zero-order chi connectivity index (χ0) is 52.0. The molecule has 3 aromatic heterocycles. The van der Waals surface area contributed by atoms with Gasteiger partial charge in [-0.1, -0.05) is 217 Å². The van der Waals surface area contributed by atoms with Crippen LogP contribution >= 0.6 is 0 Å². The molecule has 0 bridgehead atoms. The van der Waals surface area contributed by atoms with Gasteiger partial charge >= 0.3 is 0 Å². The van der Waals surface area contributed by atoms with Crippen molar-refractivity contribution >= 4 is 21.8 Å². The standard InChI is InChI=1S/C71H60N4O/c1-69(2,53-28-16-9-17-29-53)56-38-39-72-68(45-56)75-65-35-23-22-34-63(65)64-37-36-61(47-66(64)75)76-62-41-52(50-24-12-7-13-25-50)40-59(46-62)73-48-67(51-26-14-8-15-27-51)74(49-73)60-43-57(70(3,4)54-30-18-10-19-31-54)42-58(44-60)71(5,6)55-32-20-11-21-33-55/h7-48H,1-6H3. The number of hydrogen-bond donors (Lipinski definition) is 0. The Morgan fingerprint density at radius 2 is 0.934 bits per heavy atom. The maximum Gasteiger partial charge on any atom is 0.269 e. The monoisotopic (exact) mass is 984 g/mol. The molecule has 5 nitrogen and oxygen atoms in total. The Bertz CT molecular complexity index is 3950. The fourth-order valence-electron chi connectivity index (χ4n) is 10.9. The van der Waals surface area contributed by atoms with Gasteiger partial charge in [-0.25, -0.2) is 4.98 Å². The number of pyridine rings is 1. The molecule has 370 valence electrons. The second-order valence-electron chi connectivity index (χ2n) is 21.5. The van der Waals surface area contributed by atoms with E-state index in [1.807, 2.05) is 6.20 Å². The molecule has 12 aromatic rings. The summed E-state index contributed by atoms with van der Waals surface area (Å²) in [6.45, 7) is 13.9. The Kier molecular flexibility index (Phi) is 12.2. The van der Waals surface area contributed by atoms with Crippen molar-refractivity contribution in [3.05, 3.63) is 295 Å². The fraction of sp³-hybridized carbons (Fsp3) is 0.127. The second kappa shape index (κ2) is 19.3. The number of ether oxygens (including phenoxy) is 1. The third-order valence-corrected chi connectivity index (χ3v) is 15.7. The van der Waals surface area contributed by atoms with Gasteiger partial charge < -0.3 is 4.74 Å². The average Bonchev–Trinajstić information content (AvgIpc) is 4.08. The summed E-state index contributed by atoms with van der Waals surface area (Å²) in [4.78, 5) is 5.02. The molecule has 0 aliphatic carbocycles. The molecule has 0 aliphatic heterocycles. The first-order valence-corrected chi connectivity index (χ1v) is 26.3. The first kappa shape index (κ1) is 47.9. The lowest BCUT2D eigenvalue weighted by Gasteiger charge is -2.32. The van der Waals surface area contributed by atoms with Crippen LogP contribution < -0.4 is 9.30 Å². The minimum absolute atomic E-state index is 0.239. The molecule has 76 heavy (non-hydrogen) atoms. The van der Waals surface area contributed by atoms with Gasteiger partial charge in [0.1, 0.15) is 17.3 Å². The largest absolute Gasteiger partial charge is 0.458 e. The van der Waals surface area contributed by atoms with E-state index in [1.165, 1.54) is 33.4 Å². The van der Waals surface area contributed by atoms with Crippen molar-refractivity contribution in [2.75, 3.05) is 0 Å². The van der Waals surface area contributed by atoms with Crippen LogP contribution in [0.5, 0.6) is 11.5 Å². The zero-order valence-electron chi connectivity index (χ0n) is 43.9. The lowest BCUT2D eigenvalue weighted by molar-refractivity contribution is -0.588. The van der Waals surface area contributed by atoms with E-state index in [9.17, 15) is 0 Å². The molecule has 0 radical (unpaired) electrons. The molecule has 0 amide bonds. The summed E-state index contributed by atoms with van der Waals surface area (Å²) in [6.07, 6.45) is 8.01. The molecule has 0 saturated carbocycles. The van der Waals surface area contributed by atoms with Crippen molar-refractivity contribution in [1.29, 1.82) is 0 Å². The third kappa shape index (κ3) is 8.88. The number of nitrogens with zero attached hydrogens (tertiary/aromatic N) is 4. The number of rotatable bonds is 13. The SMILES string of the molecule is CC(C)(c1ccccc1)c1cc(-[n+]2[c-]n(-c3cc(Oc4ccc5c6ccccc6n(-c6cc(C(C)(C)c7ccccc7)ccn6)c5c4)cc(-c4ccccc4)c3)cc2-c2ccccc2)cc(C(C)(C)c2ccccc2)c1. The van der Waals surface area contributed by atoms with E-state index in [0.29, 0.717) is 5.75 Å². The highest BCUT2D eigenvalue weighted by Crippen LogP contribution is 2.41. The summed E-state index contributed by atoms with van der Waals surface area (Å²) in [7, 11) is 0. The first-order valence-electron chi connectivity index (χ1n) is 26.3. The summed E-state index contributed by atoms with van der Waals surface area (Å²) < 4.78 is 13.7. The zero-order valence-corrected chi connectivity index (χ0v) is 43.9. The van der Waals surface area contributed by atoms with Gasteiger partial charge in [0.05, 0.1) is 28.1 Å². The highest BCUT2D eigenvalue weighted by Gasteiger charge is 2.30. The molecule has 0 atom stereocenters. The van der Waals surface area contributed by atoms with Crippen LogP contribution in [0, 0.1) is 6.33 Å². The molecule has 9 aromatic carbocycles. The summed E-state index contributed by atoms with van der Waals surface area (Å²) in [5.74, 6) is 2.28. The number of aromatic nitrogens is 4. The Hall–Kier alpha value is -9.06. The van der Waals surface area contributed by atoms with Crippen LogP contribution in [0.3, 0.4) is 0 Å². The highest BCUT2D eigenvalue weighted by molar-refractivity contribution is 6.09. The van der Waals surface area contributed by atoms with Gasteiger partial charge in [0, 0.05) is 45.5 Å². The Balaban J connectivity index is 1.00. The van der Waals surface area contributed by atoms with Gasteiger partial charge in [-0.2, -0.15) is 0 Å². The Morgan fingerprint density at radius 3 is 1.54 bits per heavy atom. The summed E-state index contributed by atoms with van der Waals surface area (Å²) in [5, 5.41) is 2.28. The van der Waals surface area contributed by atoms with E-state index < -0.39 is 0 Å². The van der Waals surface area contributed by atoms with Gasteiger partial charge in [-0.15, -0.1) is 0 Å². The quantitative estimate of drug-likeness (QED) is 0.0852. The molecule has 0 fully saturated rings. The van der Waals surface area contributed by atoms with E-state index in [-0.39, 0.29) is 16.2 Å². The van der Waals surface area contributed by atoms with Crippen LogP contribution in [0.2, 0.25) is 0 Å². The summed E-state index contributed by atoms with van der Waals surface area (Å²) in [5.41, 5.74) is 14.8. The maximum absolute atomic E-state index is 7.06. The molecule has 0 unspecified atom stereocenters. The normalized spacial score (nSPS) is 12.1. The molecule has 0 saturated heterocycles. The van der Waals surface area contributed by atoms with Gasteiger partial charge in [-0.05, 0) is 111 Å². The number of hydrogen-bond acceptors (Lipinski definition) is 2. The fourth-order valence-corrected chi connectivity index (χ4v) is 10.9. The van der Waals surface area contributed by atoms with Crippen LogP contribution in [0.15, 0.2) is 255 Å². The number of para-hydroxylation sites is 1. The van der Waals surface area contributed by atoms with Gasteiger partial charge in [-0.3, -0.25) is 13.7 Å². The highest BCUT2D eigenvalue weighted by atomic mass is 16.5. The Labute approximate surface area is 446 Å². The number of benzene rings is 9. The van der Waals surface area contributed by atoms with Gasteiger partial charge in [0.25, 0.3) is 6.33 Å². The molecular formula is C71H60N4O. The van der Waals surface area contributed by atoms with Crippen LogP contribution in [0.4, 0.5) is 0 Å². The van der Waals surface area contributed by atoms with Gasteiger partial charge in [0.2, 0.25) is 0 Å². The second-order valence-corrected chi connectivity index (χ2v) is 21.5. The number of imidazole rings is 1. The molecule has 0 aliphatic rings. The lowest BCUT2D eigenvalue weighted by atomic mass is 9.73. The molecule has 3 heterocycles. The van der Waals surface area contributed by atoms with E-state index in [0.717, 1.165) is 67.1 Å². The van der Waals surface area contributed by atoms with E-state index in [1.54, 1.807) is 0 Å². The first-order chi connectivity index (χ1) is 36.9. The minimum atomic E-state index is -0.303. The van der Waals surface area contributed by atoms with E-state index in [4.69, 9.17) is 9.72 Å². The smallest absolute Gasteiger partial charge is 0.269 e. The van der Waals surface area contributed by atoms with E-state index >= 15 is 0 Å². The lowest BCUT2D eigenvalue weighted by Crippen LogP contribution is -2.33. The van der Waals surface area contributed by atoms with E-state index in [2.05, 4.69) is 310 Å². The summed E-state index contributed by atoms with van der Waals surface area (Å²) in [6, 6.07) is 86.5. The van der Waals surface area contributed by atoms with Crippen molar-refractivity contribution in [3.63, 3.8) is 0 Å². The number of fused-ring (bicyclic) bond motifs is 3. The van der Waals surface area contributed by atoms with Crippen molar-refractivity contribution in [1.82, 2.24) is 14.1 Å². The van der Waals surface area contributed by atoms with Crippen LogP contribution in [0.25, 0.3) is 61.4 Å². The molecular weight excluding hydrogens is 925 g/mol. The summed E-state index contributed by atoms with van der Waals surface area (Å²) >= 11 is 0. The van der Waals surface area contributed by atoms with Crippen molar-refractivity contribution in [2.45, 2.75) is 57.8 Å². The van der Waals surface area contributed by atoms with Crippen molar-refractivity contribution in [2.24, 2.45) is 0 Å². The average molecular weight is 985 g/mol. The minimum Gasteiger partial charge on any atom is -0.458 e. The predicted molar refractivity (Wildman–Crippen MR) is 311 cm³/mol. The van der Waals surface area contributed by atoms with Crippen molar-refractivity contribution < 1.29 is 9.30 Å². The Morgan fingerprint density at radius 1 is 0.408 bits per heavy atom. The topological polar surface area (TPSA) is 35.9 Å². The molecule has 12 rings (SSSR count).